The molecule has 0 aliphatic carbocycles. The number of carbonyl (C=O) groups is 1. The van der Waals surface area contributed by atoms with E-state index in [4.69, 9.17) is 0 Å². The van der Waals surface area contributed by atoms with Crippen LogP contribution in [-0.2, 0) is 0 Å². The second kappa shape index (κ2) is 6.77. The summed E-state index contributed by atoms with van der Waals surface area (Å²) < 4.78 is 26.5. The van der Waals surface area contributed by atoms with Crippen molar-refractivity contribution in [2.24, 2.45) is 5.92 Å². The first-order valence-corrected chi connectivity index (χ1v) is 7.67. The first-order valence-electron chi connectivity index (χ1n) is 7.67. The maximum Gasteiger partial charge on any atom is 0.254 e. The molecule has 1 amide bonds. The Balaban J connectivity index is 1.53. The second-order valence-corrected chi connectivity index (χ2v) is 5.77. The minimum atomic E-state index is -0.510. The maximum absolute atomic E-state index is 13.6. The van der Waals surface area contributed by atoms with Crippen molar-refractivity contribution < 1.29 is 13.6 Å². The van der Waals surface area contributed by atoms with Crippen molar-refractivity contribution in [3.05, 3.63) is 65.7 Å². The zero-order valence-corrected chi connectivity index (χ0v) is 12.6. The lowest BCUT2D eigenvalue weighted by atomic mass is 10.1. The summed E-state index contributed by atoms with van der Waals surface area (Å²) in [6.07, 6.45) is 0.939. The molecule has 1 fully saturated rings. The zero-order chi connectivity index (χ0) is 16.2. The summed E-state index contributed by atoms with van der Waals surface area (Å²) in [5, 5.41) is 2.80. The van der Waals surface area contributed by atoms with E-state index in [1.807, 2.05) is 0 Å². The number of rotatable bonds is 4. The molecule has 0 radical (unpaired) electrons. The van der Waals surface area contributed by atoms with Crippen LogP contribution in [0.15, 0.2) is 48.5 Å². The fourth-order valence-electron chi connectivity index (χ4n) is 2.86. The molecule has 1 aliphatic heterocycles. The highest BCUT2D eigenvalue weighted by Crippen LogP contribution is 2.23. The fraction of sp³-hybridized carbons (Fsp3) is 0.278. The van der Waals surface area contributed by atoms with E-state index in [1.165, 1.54) is 24.3 Å². The van der Waals surface area contributed by atoms with Gasteiger partial charge in [0.05, 0.1) is 5.56 Å². The molecule has 1 N–H and O–H groups in total. The van der Waals surface area contributed by atoms with Crippen LogP contribution in [0.4, 0.5) is 14.5 Å². The molecule has 3 rings (SSSR count). The highest BCUT2D eigenvalue weighted by molar-refractivity contribution is 5.94. The lowest BCUT2D eigenvalue weighted by Gasteiger charge is -2.18. The third-order valence-corrected chi connectivity index (χ3v) is 4.15. The molecule has 120 valence electrons. The van der Waals surface area contributed by atoms with E-state index in [1.54, 1.807) is 24.3 Å². The van der Waals surface area contributed by atoms with Gasteiger partial charge in [0.2, 0.25) is 0 Å². The zero-order valence-electron chi connectivity index (χ0n) is 12.6. The SMILES string of the molecule is O=C(NCC1CCN(c2ccc(F)cc2)C1)c1ccccc1F. The highest BCUT2D eigenvalue weighted by Gasteiger charge is 2.23. The van der Waals surface area contributed by atoms with E-state index >= 15 is 0 Å². The quantitative estimate of drug-likeness (QED) is 0.939. The van der Waals surface area contributed by atoms with Crippen molar-refractivity contribution in [3.63, 3.8) is 0 Å². The monoisotopic (exact) mass is 316 g/mol. The molecule has 1 saturated heterocycles. The second-order valence-electron chi connectivity index (χ2n) is 5.77. The summed E-state index contributed by atoms with van der Waals surface area (Å²) in [7, 11) is 0. The van der Waals surface area contributed by atoms with Crippen LogP contribution in [0.1, 0.15) is 16.8 Å². The fourth-order valence-corrected chi connectivity index (χ4v) is 2.86. The summed E-state index contributed by atoms with van der Waals surface area (Å²) in [4.78, 5) is 14.2. The van der Waals surface area contributed by atoms with E-state index in [-0.39, 0.29) is 17.3 Å². The van der Waals surface area contributed by atoms with Gasteiger partial charge in [-0.1, -0.05) is 12.1 Å². The van der Waals surface area contributed by atoms with Gasteiger partial charge >= 0.3 is 0 Å². The number of amides is 1. The first kappa shape index (κ1) is 15.5. The van der Waals surface area contributed by atoms with Crippen LogP contribution in [0.3, 0.4) is 0 Å². The number of benzene rings is 2. The van der Waals surface area contributed by atoms with Crippen LogP contribution >= 0.6 is 0 Å². The van der Waals surface area contributed by atoms with Crippen molar-refractivity contribution in [2.45, 2.75) is 6.42 Å². The number of hydrogen-bond acceptors (Lipinski definition) is 2. The average molecular weight is 316 g/mol. The maximum atomic E-state index is 13.6. The first-order chi connectivity index (χ1) is 11.1. The van der Waals surface area contributed by atoms with E-state index in [9.17, 15) is 13.6 Å². The summed E-state index contributed by atoms with van der Waals surface area (Å²) in [6.45, 7) is 2.17. The predicted octanol–water partition coefficient (Wildman–Crippen LogP) is 3.22. The Labute approximate surface area is 133 Å². The molecule has 5 heteroatoms. The van der Waals surface area contributed by atoms with Crippen LogP contribution in [-0.4, -0.2) is 25.5 Å². The summed E-state index contributed by atoms with van der Waals surface area (Å²) in [6, 6.07) is 12.4. The Morgan fingerprint density at radius 2 is 1.87 bits per heavy atom. The van der Waals surface area contributed by atoms with Gasteiger partial charge in [0.1, 0.15) is 11.6 Å². The molecule has 1 atom stereocenters. The molecule has 23 heavy (non-hydrogen) atoms. The Morgan fingerprint density at radius 3 is 2.61 bits per heavy atom. The molecule has 2 aromatic carbocycles. The molecule has 0 bridgehead atoms. The van der Waals surface area contributed by atoms with Gasteiger partial charge in [0.25, 0.3) is 5.91 Å². The van der Waals surface area contributed by atoms with Gasteiger partial charge in [0, 0.05) is 25.3 Å². The Morgan fingerprint density at radius 1 is 1.13 bits per heavy atom. The van der Waals surface area contributed by atoms with E-state index < -0.39 is 5.82 Å². The van der Waals surface area contributed by atoms with E-state index in [0.29, 0.717) is 12.5 Å². The molecule has 1 unspecified atom stereocenters. The van der Waals surface area contributed by atoms with Gasteiger partial charge in [-0.2, -0.15) is 0 Å². The Kier molecular flexibility index (Phi) is 4.55. The van der Waals surface area contributed by atoms with Crippen LogP contribution < -0.4 is 10.2 Å². The number of hydrogen-bond donors (Lipinski definition) is 1. The lowest BCUT2D eigenvalue weighted by Crippen LogP contribution is -2.31. The summed E-state index contributed by atoms with van der Waals surface area (Å²) in [5.41, 5.74) is 1.05. The molecular weight excluding hydrogens is 298 g/mol. The minimum Gasteiger partial charge on any atom is -0.371 e. The predicted molar refractivity (Wildman–Crippen MR) is 85.5 cm³/mol. The van der Waals surface area contributed by atoms with Crippen molar-refractivity contribution >= 4 is 11.6 Å². The standard InChI is InChI=1S/C18H18F2N2O/c19-14-5-7-15(8-6-14)22-10-9-13(12-22)11-21-18(23)16-3-1-2-4-17(16)20/h1-8,13H,9-12H2,(H,21,23). The summed E-state index contributed by atoms with van der Waals surface area (Å²) >= 11 is 0. The molecule has 1 heterocycles. The summed E-state index contributed by atoms with van der Waals surface area (Å²) in [5.74, 6) is -0.842. The molecule has 0 spiro atoms. The molecule has 0 aromatic heterocycles. The van der Waals surface area contributed by atoms with E-state index in [0.717, 1.165) is 25.2 Å². The van der Waals surface area contributed by atoms with E-state index in [2.05, 4.69) is 10.2 Å². The topological polar surface area (TPSA) is 32.3 Å². The van der Waals surface area contributed by atoms with Crippen molar-refractivity contribution in [1.82, 2.24) is 5.32 Å². The molecule has 3 nitrogen and oxygen atoms in total. The van der Waals surface area contributed by atoms with Gasteiger partial charge in [-0.15, -0.1) is 0 Å². The van der Waals surface area contributed by atoms with Crippen LogP contribution in [0.2, 0.25) is 0 Å². The Bertz CT molecular complexity index is 688. The van der Waals surface area contributed by atoms with Gasteiger partial charge < -0.3 is 10.2 Å². The van der Waals surface area contributed by atoms with Crippen LogP contribution in [0.25, 0.3) is 0 Å². The molecule has 0 saturated carbocycles. The van der Waals surface area contributed by atoms with Crippen LogP contribution in [0.5, 0.6) is 0 Å². The molecule has 1 aliphatic rings. The Hall–Kier alpha value is -2.43. The molecule has 2 aromatic rings. The number of nitrogens with one attached hydrogen (secondary N) is 1. The normalized spacial score (nSPS) is 17.3. The number of carbonyl (C=O) groups excluding carboxylic acids is 1. The van der Waals surface area contributed by atoms with Gasteiger partial charge in [-0.25, -0.2) is 8.78 Å². The third kappa shape index (κ3) is 3.67. The molecular formula is C18H18F2N2O. The van der Waals surface area contributed by atoms with Crippen molar-refractivity contribution in [1.29, 1.82) is 0 Å². The number of anilines is 1. The lowest BCUT2D eigenvalue weighted by molar-refractivity contribution is 0.0944. The minimum absolute atomic E-state index is 0.0703. The third-order valence-electron chi connectivity index (χ3n) is 4.15. The highest BCUT2D eigenvalue weighted by atomic mass is 19.1. The largest absolute Gasteiger partial charge is 0.371 e. The van der Waals surface area contributed by atoms with Gasteiger partial charge in [-0.05, 0) is 48.7 Å². The number of halogens is 2. The van der Waals surface area contributed by atoms with Crippen LogP contribution in [0, 0.1) is 17.6 Å². The smallest absolute Gasteiger partial charge is 0.254 e. The van der Waals surface area contributed by atoms with Crippen molar-refractivity contribution in [2.75, 3.05) is 24.5 Å². The van der Waals surface area contributed by atoms with Gasteiger partial charge in [-0.3, -0.25) is 4.79 Å². The van der Waals surface area contributed by atoms with Crippen molar-refractivity contribution in [3.8, 4) is 0 Å². The van der Waals surface area contributed by atoms with Gasteiger partial charge in [0.15, 0.2) is 0 Å². The average Bonchev–Trinajstić information content (AvgIpc) is 3.03. The number of nitrogens with zero attached hydrogens (tertiary/aromatic N) is 1.